The number of nitrogens with zero attached hydrogens (tertiary/aromatic N) is 3. The molecule has 3 N–H and O–H groups in total. The molecule has 2 atom stereocenters. The third-order valence-corrected chi connectivity index (χ3v) is 10.1. The van der Waals surface area contributed by atoms with Crippen molar-refractivity contribution >= 4 is 40.9 Å². The molecule has 2 unspecified atom stereocenters. The Balaban J connectivity index is 0.915. The zero-order chi connectivity index (χ0) is 39.5. The first-order valence-electron chi connectivity index (χ1n) is 18.2. The van der Waals surface area contributed by atoms with Crippen molar-refractivity contribution in [3.8, 4) is 11.8 Å². The number of halogens is 3. The fourth-order valence-corrected chi connectivity index (χ4v) is 7.23. The van der Waals surface area contributed by atoms with Gasteiger partial charge in [-0.25, -0.2) is 0 Å². The van der Waals surface area contributed by atoms with E-state index in [1.807, 2.05) is 38.1 Å². The zero-order valence-corrected chi connectivity index (χ0v) is 30.4. The second-order valence-corrected chi connectivity index (χ2v) is 14.6. The molecule has 0 aliphatic carbocycles. The summed E-state index contributed by atoms with van der Waals surface area (Å²) in [5.41, 5.74) is 0.523. The normalized spacial score (nSPS) is 19.3. The molecule has 0 spiro atoms. The third kappa shape index (κ3) is 8.43. The van der Waals surface area contributed by atoms with Crippen LogP contribution < -0.4 is 20.7 Å². The summed E-state index contributed by atoms with van der Waals surface area (Å²) in [5, 5.41) is 18.0. The number of likely N-dealkylation sites (tertiary alicyclic amines) is 1. The molecule has 15 heteroatoms. The molecule has 2 saturated heterocycles. The van der Waals surface area contributed by atoms with Crippen LogP contribution >= 0.6 is 0 Å². The van der Waals surface area contributed by atoms with Gasteiger partial charge in [-0.05, 0) is 67.3 Å². The number of carbonyl (C=O) groups excluding carboxylic acids is 5. The number of unbranched alkanes of at least 4 members (excludes halogenated alkanes) is 3. The van der Waals surface area contributed by atoms with E-state index in [0.717, 1.165) is 60.5 Å². The summed E-state index contributed by atoms with van der Waals surface area (Å²) < 4.78 is 46.3. The average Bonchev–Trinajstić information content (AvgIpc) is 3.52. The standard InChI is InChI=1S/C40H41F3N6O6/c1-39(2)23-48(38(54)34(39)55-27-15-12-25(21-44)29(20-27)40(41,42)43)22-24-10-13-26(14-11-24)45-18-5-3-4-6-19-46-30-9-7-8-28-33(30)37(53)49(36(28)52)31-16-17-32(50)47-35(31)51/h7-15,20,31,34,45-46H,3-6,16-19,22-23H2,1-2H3,(H,47,50,51). The van der Waals surface area contributed by atoms with E-state index < -0.39 is 58.5 Å². The molecule has 5 amide bonds. The summed E-state index contributed by atoms with van der Waals surface area (Å²) in [5.74, 6) is -2.60. The van der Waals surface area contributed by atoms with Crippen LogP contribution in [0, 0.1) is 16.7 Å². The molecular formula is C40H41F3N6O6. The van der Waals surface area contributed by atoms with Gasteiger partial charge in [-0.1, -0.05) is 44.9 Å². The topological polar surface area (TPSA) is 161 Å². The Kier molecular flexibility index (Phi) is 11.2. The monoisotopic (exact) mass is 758 g/mol. The quantitative estimate of drug-likeness (QED) is 0.135. The first-order chi connectivity index (χ1) is 26.2. The molecular weight excluding hydrogens is 717 g/mol. The van der Waals surface area contributed by atoms with Crippen LogP contribution in [0.3, 0.4) is 0 Å². The molecule has 3 heterocycles. The van der Waals surface area contributed by atoms with Crippen LogP contribution in [-0.4, -0.2) is 71.1 Å². The van der Waals surface area contributed by atoms with E-state index >= 15 is 0 Å². The van der Waals surface area contributed by atoms with Gasteiger partial charge in [0.15, 0.2) is 6.10 Å². The largest absolute Gasteiger partial charge is 0.480 e. The number of fused-ring (bicyclic) bond motifs is 1. The van der Waals surface area contributed by atoms with E-state index in [9.17, 15) is 37.1 Å². The lowest BCUT2D eigenvalue weighted by Gasteiger charge is -2.27. The fourth-order valence-electron chi connectivity index (χ4n) is 7.23. The number of hydrogen-bond acceptors (Lipinski definition) is 9. The number of carbonyl (C=O) groups is 5. The lowest BCUT2D eigenvalue weighted by atomic mass is 9.89. The third-order valence-electron chi connectivity index (χ3n) is 10.1. The summed E-state index contributed by atoms with van der Waals surface area (Å²) in [7, 11) is 0. The SMILES string of the molecule is CC1(C)CN(Cc2ccc(NCCCCCCNc3cccc4c3C(=O)N(C3CCC(=O)NC3=O)C4=O)cc2)C(=O)C1Oc1ccc(C#N)c(C(F)(F)F)c1. The molecule has 3 aliphatic rings. The van der Waals surface area contributed by atoms with Gasteiger partial charge in [0, 0.05) is 49.4 Å². The van der Waals surface area contributed by atoms with Crippen molar-refractivity contribution in [2.75, 3.05) is 30.3 Å². The second-order valence-electron chi connectivity index (χ2n) is 14.6. The zero-order valence-electron chi connectivity index (χ0n) is 30.4. The molecule has 0 bridgehead atoms. The minimum Gasteiger partial charge on any atom is -0.480 e. The van der Waals surface area contributed by atoms with Crippen LogP contribution in [-0.2, 0) is 27.1 Å². The predicted octanol–water partition coefficient (Wildman–Crippen LogP) is 5.88. The van der Waals surface area contributed by atoms with Gasteiger partial charge in [-0.15, -0.1) is 0 Å². The number of imide groups is 2. The van der Waals surface area contributed by atoms with Crippen molar-refractivity contribution < 1.29 is 41.9 Å². The number of amides is 5. The molecule has 3 aromatic carbocycles. The van der Waals surface area contributed by atoms with Crippen LogP contribution in [0.15, 0.2) is 60.7 Å². The average molecular weight is 759 g/mol. The molecule has 55 heavy (non-hydrogen) atoms. The molecule has 6 rings (SSSR count). The maximum absolute atomic E-state index is 13.5. The first kappa shape index (κ1) is 38.8. The van der Waals surface area contributed by atoms with Crippen molar-refractivity contribution in [1.29, 1.82) is 5.26 Å². The molecule has 0 aromatic heterocycles. The summed E-state index contributed by atoms with van der Waals surface area (Å²) in [4.78, 5) is 66.2. The fraction of sp³-hybridized carbons (Fsp3) is 0.400. The number of ether oxygens (including phenoxy) is 1. The Morgan fingerprint density at radius 1 is 0.927 bits per heavy atom. The van der Waals surface area contributed by atoms with Crippen molar-refractivity contribution in [2.24, 2.45) is 5.41 Å². The summed E-state index contributed by atoms with van der Waals surface area (Å²) >= 11 is 0. The maximum atomic E-state index is 13.5. The number of nitriles is 1. The van der Waals surface area contributed by atoms with Gasteiger partial charge in [0.25, 0.3) is 17.7 Å². The molecule has 3 aromatic rings. The lowest BCUT2D eigenvalue weighted by molar-refractivity contribution is -0.138. The summed E-state index contributed by atoms with van der Waals surface area (Å²) in [6.45, 7) is 5.65. The molecule has 3 aliphatic heterocycles. The number of benzene rings is 3. The van der Waals surface area contributed by atoms with E-state index in [2.05, 4.69) is 16.0 Å². The highest BCUT2D eigenvalue weighted by Crippen LogP contribution is 2.38. The number of hydrogen-bond donors (Lipinski definition) is 3. The number of piperidine rings is 1. The Bertz CT molecular complexity index is 2040. The molecule has 288 valence electrons. The highest BCUT2D eigenvalue weighted by molar-refractivity contribution is 6.25. The smallest absolute Gasteiger partial charge is 0.417 e. The van der Waals surface area contributed by atoms with Crippen molar-refractivity contribution in [3.63, 3.8) is 0 Å². The molecule has 0 saturated carbocycles. The number of alkyl halides is 3. The highest BCUT2D eigenvalue weighted by Gasteiger charge is 2.49. The Hall–Kier alpha value is -5.91. The minimum atomic E-state index is -4.74. The van der Waals surface area contributed by atoms with E-state index in [-0.39, 0.29) is 35.6 Å². The van der Waals surface area contributed by atoms with Crippen LogP contribution in [0.2, 0.25) is 0 Å². The Labute approximate surface area is 316 Å². The predicted molar refractivity (Wildman–Crippen MR) is 195 cm³/mol. The van der Waals surface area contributed by atoms with Crippen LogP contribution in [0.4, 0.5) is 24.5 Å². The summed E-state index contributed by atoms with van der Waals surface area (Å²) in [6.07, 6.45) is -1.94. The van der Waals surface area contributed by atoms with Crippen molar-refractivity contribution in [2.45, 2.75) is 77.2 Å². The van der Waals surface area contributed by atoms with Crippen molar-refractivity contribution in [3.05, 3.63) is 88.5 Å². The van der Waals surface area contributed by atoms with E-state index in [4.69, 9.17) is 10.00 Å². The van der Waals surface area contributed by atoms with Crippen LogP contribution in [0.1, 0.15) is 89.8 Å². The van der Waals surface area contributed by atoms with Gasteiger partial charge >= 0.3 is 6.18 Å². The lowest BCUT2D eigenvalue weighted by Crippen LogP contribution is -2.54. The maximum Gasteiger partial charge on any atom is 0.417 e. The van der Waals surface area contributed by atoms with Crippen LogP contribution in [0.5, 0.6) is 5.75 Å². The van der Waals surface area contributed by atoms with Crippen molar-refractivity contribution in [1.82, 2.24) is 15.1 Å². The molecule has 0 radical (unpaired) electrons. The van der Waals surface area contributed by atoms with Gasteiger partial charge < -0.3 is 20.3 Å². The number of anilines is 2. The Morgan fingerprint density at radius 3 is 2.31 bits per heavy atom. The molecule has 12 nitrogen and oxygen atoms in total. The van der Waals surface area contributed by atoms with Gasteiger partial charge in [0.05, 0.1) is 28.3 Å². The Morgan fingerprint density at radius 2 is 1.64 bits per heavy atom. The van der Waals surface area contributed by atoms with Gasteiger partial charge in [0.2, 0.25) is 11.8 Å². The van der Waals surface area contributed by atoms with Gasteiger partial charge in [-0.2, -0.15) is 18.4 Å². The second kappa shape index (κ2) is 15.8. The van der Waals surface area contributed by atoms with Gasteiger partial charge in [0.1, 0.15) is 11.8 Å². The van der Waals surface area contributed by atoms with Crippen LogP contribution in [0.25, 0.3) is 0 Å². The molecule has 2 fully saturated rings. The van der Waals surface area contributed by atoms with Gasteiger partial charge in [-0.3, -0.25) is 34.2 Å². The highest BCUT2D eigenvalue weighted by atomic mass is 19.4. The van der Waals surface area contributed by atoms with E-state index in [1.54, 1.807) is 29.2 Å². The van der Waals surface area contributed by atoms with E-state index in [1.165, 1.54) is 6.07 Å². The minimum absolute atomic E-state index is 0.0596. The number of rotatable bonds is 14. The first-order valence-corrected chi connectivity index (χ1v) is 18.2. The summed E-state index contributed by atoms with van der Waals surface area (Å²) in [6, 6.07) is 16.3. The number of nitrogens with one attached hydrogen (secondary N) is 3. The van der Waals surface area contributed by atoms with E-state index in [0.29, 0.717) is 25.3 Å².